The molecule has 0 radical (unpaired) electrons. The van der Waals surface area contributed by atoms with Gasteiger partial charge in [-0.15, -0.1) is 0 Å². The minimum absolute atomic E-state index is 0.0176. The van der Waals surface area contributed by atoms with Crippen molar-refractivity contribution in [1.29, 1.82) is 0 Å². The normalized spacial score (nSPS) is 12.0. The molecule has 0 aliphatic carbocycles. The first-order valence-corrected chi connectivity index (χ1v) is 9.20. The first-order valence-electron chi connectivity index (χ1n) is 9.20. The third-order valence-electron chi connectivity index (χ3n) is 4.64. The van der Waals surface area contributed by atoms with Crippen molar-refractivity contribution >= 4 is 11.9 Å². The summed E-state index contributed by atoms with van der Waals surface area (Å²) in [7, 11) is 1.78. The molecule has 0 fully saturated rings. The number of nitrogens with zero attached hydrogens (tertiary/aromatic N) is 1. The van der Waals surface area contributed by atoms with E-state index in [1.807, 2.05) is 44.2 Å². The lowest BCUT2D eigenvalue weighted by atomic mass is 10.1. The molecule has 7 nitrogen and oxygen atoms in total. The number of urea groups is 1. The van der Waals surface area contributed by atoms with Gasteiger partial charge in [0.2, 0.25) is 6.79 Å². The summed E-state index contributed by atoms with van der Waals surface area (Å²) in [5.41, 5.74) is 2.48. The van der Waals surface area contributed by atoms with Crippen molar-refractivity contribution in [2.24, 2.45) is 0 Å². The Morgan fingerprint density at radius 2 is 1.57 bits per heavy atom. The molecule has 1 heterocycles. The SMILES string of the molecule is CC(C)N(C)C(=O)c1ccc(CNC(=O)NCc2ccc3c(c2)OCO3)cc1. The zero-order chi connectivity index (χ0) is 20.1. The lowest BCUT2D eigenvalue weighted by Crippen LogP contribution is -2.34. The van der Waals surface area contributed by atoms with Crippen molar-refractivity contribution in [3.8, 4) is 11.5 Å². The van der Waals surface area contributed by atoms with E-state index in [0.717, 1.165) is 16.9 Å². The Balaban J connectivity index is 1.46. The van der Waals surface area contributed by atoms with Gasteiger partial charge in [0.1, 0.15) is 0 Å². The zero-order valence-corrected chi connectivity index (χ0v) is 16.3. The molecule has 0 atom stereocenters. The van der Waals surface area contributed by atoms with Gasteiger partial charge in [-0.1, -0.05) is 18.2 Å². The summed E-state index contributed by atoms with van der Waals surface area (Å²) in [5, 5.41) is 5.62. The summed E-state index contributed by atoms with van der Waals surface area (Å²) in [6, 6.07) is 12.7. The average molecular weight is 383 g/mol. The number of fused-ring (bicyclic) bond motifs is 1. The van der Waals surface area contributed by atoms with E-state index in [1.165, 1.54) is 0 Å². The van der Waals surface area contributed by atoms with E-state index < -0.39 is 0 Å². The number of hydrogen-bond donors (Lipinski definition) is 2. The maximum absolute atomic E-state index is 12.3. The van der Waals surface area contributed by atoms with Gasteiger partial charge >= 0.3 is 6.03 Å². The van der Waals surface area contributed by atoms with Gasteiger partial charge in [-0.05, 0) is 49.2 Å². The van der Waals surface area contributed by atoms with E-state index >= 15 is 0 Å². The monoisotopic (exact) mass is 383 g/mol. The van der Waals surface area contributed by atoms with Gasteiger partial charge in [-0.3, -0.25) is 4.79 Å². The Bertz CT molecular complexity index is 849. The van der Waals surface area contributed by atoms with Gasteiger partial charge in [0.25, 0.3) is 5.91 Å². The van der Waals surface area contributed by atoms with Crippen LogP contribution in [0.25, 0.3) is 0 Å². The second-order valence-electron chi connectivity index (χ2n) is 6.93. The molecule has 7 heteroatoms. The third kappa shape index (κ3) is 4.73. The number of carbonyl (C=O) groups excluding carboxylic acids is 2. The lowest BCUT2D eigenvalue weighted by molar-refractivity contribution is 0.0755. The fourth-order valence-electron chi connectivity index (χ4n) is 2.68. The molecule has 0 saturated carbocycles. The van der Waals surface area contributed by atoms with Crippen LogP contribution in [0.4, 0.5) is 4.79 Å². The van der Waals surface area contributed by atoms with E-state index in [-0.39, 0.29) is 24.8 Å². The average Bonchev–Trinajstić information content (AvgIpc) is 3.17. The smallest absolute Gasteiger partial charge is 0.315 e. The maximum atomic E-state index is 12.3. The number of benzene rings is 2. The first-order chi connectivity index (χ1) is 13.4. The van der Waals surface area contributed by atoms with Crippen LogP contribution in [-0.4, -0.2) is 36.7 Å². The molecule has 2 N–H and O–H groups in total. The standard InChI is InChI=1S/C21H25N3O4/c1-14(2)24(3)20(25)17-7-4-15(5-8-17)11-22-21(26)23-12-16-6-9-18-19(10-16)28-13-27-18/h4-10,14H,11-13H2,1-3H3,(H2,22,23,26). The van der Waals surface area contributed by atoms with Crippen LogP contribution in [-0.2, 0) is 13.1 Å². The van der Waals surface area contributed by atoms with Crippen molar-refractivity contribution in [3.63, 3.8) is 0 Å². The molecular weight excluding hydrogens is 358 g/mol. The van der Waals surface area contributed by atoms with Gasteiger partial charge in [0.15, 0.2) is 11.5 Å². The highest BCUT2D eigenvalue weighted by molar-refractivity contribution is 5.94. The minimum Gasteiger partial charge on any atom is -0.454 e. The van der Waals surface area contributed by atoms with Gasteiger partial charge < -0.3 is 25.0 Å². The molecule has 0 saturated heterocycles. The predicted molar refractivity (Wildman–Crippen MR) is 105 cm³/mol. The van der Waals surface area contributed by atoms with Crippen molar-refractivity contribution in [2.45, 2.75) is 33.0 Å². The van der Waals surface area contributed by atoms with E-state index in [9.17, 15) is 9.59 Å². The van der Waals surface area contributed by atoms with Crippen LogP contribution >= 0.6 is 0 Å². The number of hydrogen-bond acceptors (Lipinski definition) is 4. The topological polar surface area (TPSA) is 79.9 Å². The Labute approximate surface area is 164 Å². The van der Waals surface area contributed by atoms with Gasteiger partial charge in [0.05, 0.1) is 0 Å². The summed E-state index contributed by atoms with van der Waals surface area (Å²) in [5.74, 6) is 1.39. The maximum Gasteiger partial charge on any atom is 0.315 e. The van der Waals surface area contributed by atoms with Gasteiger partial charge in [0, 0.05) is 31.7 Å². The summed E-state index contributed by atoms with van der Waals surface area (Å²) in [4.78, 5) is 26.0. The number of nitrogens with one attached hydrogen (secondary N) is 2. The van der Waals surface area contributed by atoms with Crippen molar-refractivity contribution in [2.75, 3.05) is 13.8 Å². The van der Waals surface area contributed by atoms with E-state index in [2.05, 4.69) is 10.6 Å². The summed E-state index contributed by atoms with van der Waals surface area (Å²) in [6.07, 6.45) is 0. The molecule has 3 amide bonds. The van der Waals surface area contributed by atoms with Crippen LogP contribution in [0.15, 0.2) is 42.5 Å². The summed E-state index contributed by atoms with van der Waals surface area (Å²) < 4.78 is 10.6. The van der Waals surface area contributed by atoms with Crippen molar-refractivity contribution < 1.29 is 19.1 Å². The van der Waals surface area contributed by atoms with E-state index in [4.69, 9.17) is 9.47 Å². The third-order valence-corrected chi connectivity index (χ3v) is 4.64. The molecule has 3 rings (SSSR count). The highest BCUT2D eigenvalue weighted by Gasteiger charge is 2.15. The quantitative estimate of drug-likeness (QED) is 0.804. The molecule has 28 heavy (non-hydrogen) atoms. The second kappa shape index (κ2) is 8.65. The predicted octanol–water partition coefficient (Wildman–Crippen LogP) is 2.90. The Morgan fingerprint density at radius 3 is 2.25 bits per heavy atom. The Morgan fingerprint density at radius 1 is 0.964 bits per heavy atom. The largest absolute Gasteiger partial charge is 0.454 e. The molecule has 0 bridgehead atoms. The zero-order valence-electron chi connectivity index (χ0n) is 16.3. The number of ether oxygens (including phenoxy) is 2. The number of carbonyl (C=O) groups is 2. The molecule has 0 aromatic heterocycles. The molecule has 1 aliphatic rings. The molecule has 148 valence electrons. The van der Waals surface area contributed by atoms with Crippen LogP contribution in [0.3, 0.4) is 0 Å². The van der Waals surface area contributed by atoms with Gasteiger partial charge in [-0.2, -0.15) is 0 Å². The van der Waals surface area contributed by atoms with E-state index in [0.29, 0.717) is 24.4 Å². The van der Waals surface area contributed by atoms with Crippen molar-refractivity contribution in [1.82, 2.24) is 15.5 Å². The van der Waals surface area contributed by atoms with Gasteiger partial charge in [-0.25, -0.2) is 4.79 Å². The second-order valence-corrected chi connectivity index (χ2v) is 6.93. The van der Waals surface area contributed by atoms with Crippen molar-refractivity contribution in [3.05, 3.63) is 59.2 Å². The molecule has 2 aromatic rings. The van der Waals surface area contributed by atoms with Crippen LogP contribution in [0.5, 0.6) is 11.5 Å². The van der Waals surface area contributed by atoms with Crippen LogP contribution < -0.4 is 20.1 Å². The van der Waals surface area contributed by atoms with E-state index in [1.54, 1.807) is 24.1 Å². The highest BCUT2D eigenvalue weighted by Crippen LogP contribution is 2.32. The van der Waals surface area contributed by atoms with Crippen LogP contribution in [0.1, 0.15) is 35.3 Å². The van der Waals surface area contributed by atoms with Crippen LogP contribution in [0.2, 0.25) is 0 Å². The summed E-state index contributed by atoms with van der Waals surface area (Å²) >= 11 is 0. The van der Waals surface area contributed by atoms with Crippen LogP contribution in [0, 0.1) is 0 Å². The molecule has 0 spiro atoms. The minimum atomic E-state index is -0.266. The first kappa shape index (κ1) is 19.5. The number of rotatable bonds is 6. The lowest BCUT2D eigenvalue weighted by Gasteiger charge is -2.21. The molecule has 2 aromatic carbocycles. The Kier molecular flexibility index (Phi) is 6.03. The molecule has 1 aliphatic heterocycles. The fraction of sp³-hybridized carbons (Fsp3) is 0.333. The molecule has 0 unspecified atom stereocenters. The summed E-state index contributed by atoms with van der Waals surface area (Å²) in [6.45, 7) is 4.93. The molecular formula is C21H25N3O4. The number of amides is 3. The fourth-order valence-corrected chi connectivity index (χ4v) is 2.68. The highest BCUT2D eigenvalue weighted by atomic mass is 16.7. The Hall–Kier alpha value is -3.22.